The van der Waals surface area contributed by atoms with Gasteiger partial charge in [-0.25, -0.2) is 0 Å². The predicted molar refractivity (Wildman–Crippen MR) is 47.2 cm³/mol. The molecule has 12 heavy (non-hydrogen) atoms. The van der Waals surface area contributed by atoms with Crippen LogP contribution >= 0.6 is 0 Å². The number of terminal acetylenes is 1. The van der Waals surface area contributed by atoms with Crippen LogP contribution in [-0.2, 0) is 4.79 Å². The molecule has 1 aliphatic carbocycles. The van der Waals surface area contributed by atoms with E-state index in [1.807, 2.05) is 5.92 Å². The van der Waals surface area contributed by atoms with E-state index in [1.54, 1.807) is 0 Å². The van der Waals surface area contributed by atoms with Crippen molar-refractivity contribution in [2.45, 2.75) is 37.8 Å². The zero-order valence-electron chi connectivity index (χ0n) is 7.05. The molecule has 1 amide bonds. The monoisotopic (exact) mass is 166 g/mol. The largest absolute Gasteiger partial charge is 0.341 e. The molecule has 0 radical (unpaired) electrons. The average Bonchev–Trinajstić information content (AvgIpc) is 2.09. The van der Waals surface area contributed by atoms with Crippen molar-refractivity contribution in [3.8, 4) is 12.3 Å². The maximum Gasteiger partial charge on any atom is 0.295 e. The fourth-order valence-electron chi connectivity index (χ4n) is 1.55. The lowest BCUT2D eigenvalue weighted by Crippen LogP contribution is -2.48. The molecule has 1 saturated carbocycles. The highest BCUT2D eigenvalue weighted by Gasteiger charge is 2.22. The highest BCUT2D eigenvalue weighted by molar-refractivity contribution is 5.93. The molecule has 0 aromatic rings. The van der Waals surface area contributed by atoms with Crippen molar-refractivity contribution in [2.75, 3.05) is 0 Å². The van der Waals surface area contributed by atoms with Crippen LogP contribution in [0.2, 0.25) is 0 Å². The summed E-state index contributed by atoms with van der Waals surface area (Å²) in [6.45, 7) is 0. The number of rotatable bonds is 1. The highest BCUT2D eigenvalue weighted by atomic mass is 16.1. The summed E-state index contributed by atoms with van der Waals surface area (Å²) >= 11 is 0. The number of nitrogens with one attached hydrogen (secondary N) is 1. The van der Waals surface area contributed by atoms with Gasteiger partial charge < -0.3 is 11.1 Å². The maximum atomic E-state index is 10.8. The second-order valence-electron chi connectivity index (χ2n) is 3.17. The normalized spacial score (nSPS) is 29.0. The van der Waals surface area contributed by atoms with Crippen molar-refractivity contribution in [2.24, 2.45) is 5.73 Å². The van der Waals surface area contributed by atoms with Crippen molar-refractivity contribution in [3.05, 3.63) is 0 Å². The minimum atomic E-state index is -0.350. The quantitative estimate of drug-likeness (QED) is 0.539. The van der Waals surface area contributed by atoms with Crippen molar-refractivity contribution in [1.82, 2.24) is 5.32 Å². The number of hydrogen-bond acceptors (Lipinski definition) is 2. The van der Waals surface area contributed by atoms with Gasteiger partial charge in [0.05, 0.1) is 0 Å². The lowest BCUT2D eigenvalue weighted by atomic mass is 9.91. The average molecular weight is 166 g/mol. The Labute approximate surface area is 72.7 Å². The Morgan fingerprint density at radius 3 is 2.75 bits per heavy atom. The highest BCUT2D eigenvalue weighted by Crippen LogP contribution is 2.16. The number of hydrogen-bond donors (Lipinski definition) is 2. The molecular weight excluding hydrogens is 152 g/mol. The van der Waals surface area contributed by atoms with Gasteiger partial charge in [0.15, 0.2) is 0 Å². The molecule has 0 aromatic heterocycles. The first kappa shape index (κ1) is 9.08. The van der Waals surface area contributed by atoms with Crippen LogP contribution in [-0.4, -0.2) is 18.0 Å². The summed E-state index contributed by atoms with van der Waals surface area (Å²) in [5.74, 6) is 1.68. The van der Waals surface area contributed by atoms with E-state index in [0.29, 0.717) is 0 Å². The number of amides is 1. The van der Waals surface area contributed by atoms with E-state index in [9.17, 15) is 4.79 Å². The fourth-order valence-corrected chi connectivity index (χ4v) is 1.55. The summed E-state index contributed by atoms with van der Waals surface area (Å²) in [4.78, 5) is 10.8. The van der Waals surface area contributed by atoms with Crippen LogP contribution in [0.5, 0.6) is 0 Å². The summed E-state index contributed by atoms with van der Waals surface area (Å²) in [7, 11) is 0. The van der Waals surface area contributed by atoms with Gasteiger partial charge in [-0.15, -0.1) is 6.42 Å². The minimum Gasteiger partial charge on any atom is -0.341 e. The summed E-state index contributed by atoms with van der Waals surface area (Å²) in [5.41, 5.74) is 5.80. The molecule has 0 saturated heterocycles. The molecule has 0 aliphatic heterocycles. The topological polar surface area (TPSA) is 55.1 Å². The Hall–Kier alpha value is -1.01. The van der Waals surface area contributed by atoms with E-state index in [1.165, 1.54) is 0 Å². The maximum absolute atomic E-state index is 10.8. The molecule has 0 bridgehead atoms. The van der Waals surface area contributed by atoms with Crippen LogP contribution in [0, 0.1) is 12.3 Å². The lowest BCUT2D eigenvalue weighted by molar-refractivity contribution is -0.116. The van der Waals surface area contributed by atoms with Crippen LogP contribution < -0.4 is 11.1 Å². The Morgan fingerprint density at radius 1 is 1.50 bits per heavy atom. The van der Waals surface area contributed by atoms with Crippen molar-refractivity contribution >= 4 is 5.91 Å². The molecule has 66 valence electrons. The first-order chi connectivity index (χ1) is 5.74. The molecule has 1 rings (SSSR count). The number of nitrogens with two attached hydrogens (primary N) is 1. The van der Waals surface area contributed by atoms with Gasteiger partial charge in [-0.05, 0) is 18.8 Å². The summed E-state index contributed by atoms with van der Waals surface area (Å²) in [6, 6.07) is 0.165. The van der Waals surface area contributed by atoms with Crippen LogP contribution in [0.1, 0.15) is 25.7 Å². The zero-order chi connectivity index (χ0) is 8.97. The molecule has 0 heterocycles. The van der Waals surface area contributed by atoms with Gasteiger partial charge in [-0.1, -0.05) is 12.8 Å². The summed E-state index contributed by atoms with van der Waals surface area (Å²) < 4.78 is 0. The molecular formula is C9H14N2O. The third-order valence-electron chi connectivity index (χ3n) is 2.27. The Balaban J connectivity index is 2.40. The molecule has 0 aromatic carbocycles. The van der Waals surface area contributed by atoms with Gasteiger partial charge in [0.25, 0.3) is 5.91 Å². The van der Waals surface area contributed by atoms with E-state index in [4.69, 9.17) is 12.2 Å². The third-order valence-corrected chi connectivity index (χ3v) is 2.27. The van der Waals surface area contributed by atoms with Crippen molar-refractivity contribution < 1.29 is 4.79 Å². The molecule has 2 atom stereocenters. The SMILES string of the molecule is C#CC(=O)NC1CCCCC1N. The van der Waals surface area contributed by atoms with E-state index >= 15 is 0 Å². The van der Waals surface area contributed by atoms with E-state index in [-0.39, 0.29) is 18.0 Å². The molecule has 2 unspecified atom stereocenters. The van der Waals surface area contributed by atoms with E-state index in [2.05, 4.69) is 5.32 Å². The van der Waals surface area contributed by atoms with Gasteiger partial charge in [0.1, 0.15) is 0 Å². The van der Waals surface area contributed by atoms with Crippen molar-refractivity contribution in [1.29, 1.82) is 0 Å². The van der Waals surface area contributed by atoms with Gasteiger partial charge in [-0.2, -0.15) is 0 Å². The van der Waals surface area contributed by atoms with Crippen LogP contribution in [0.3, 0.4) is 0 Å². The number of carbonyl (C=O) groups excluding carboxylic acids is 1. The van der Waals surface area contributed by atoms with Gasteiger partial charge in [0.2, 0.25) is 0 Å². The van der Waals surface area contributed by atoms with Gasteiger partial charge in [-0.3, -0.25) is 4.79 Å². The smallest absolute Gasteiger partial charge is 0.295 e. The minimum absolute atomic E-state index is 0.0797. The molecule has 1 aliphatic rings. The second kappa shape index (κ2) is 4.13. The molecule has 3 nitrogen and oxygen atoms in total. The predicted octanol–water partition coefficient (Wildman–Crippen LogP) is 0.00570. The standard InChI is InChI=1S/C9H14N2O/c1-2-9(12)11-8-6-4-3-5-7(8)10/h1,7-8H,3-6,10H2,(H,11,12). The second-order valence-corrected chi connectivity index (χ2v) is 3.17. The summed E-state index contributed by atoms with van der Waals surface area (Å²) in [5, 5.41) is 2.72. The molecule has 3 heteroatoms. The lowest BCUT2D eigenvalue weighted by Gasteiger charge is -2.28. The molecule has 3 N–H and O–H groups in total. The summed E-state index contributed by atoms with van der Waals surface area (Å²) in [6.07, 6.45) is 9.15. The third kappa shape index (κ3) is 2.24. The van der Waals surface area contributed by atoms with Crippen LogP contribution in [0.4, 0.5) is 0 Å². The van der Waals surface area contributed by atoms with Crippen LogP contribution in [0.25, 0.3) is 0 Å². The van der Waals surface area contributed by atoms with Crippen LogP contribution in [0.15, 0.2) is 0 Å². The number of carbonyl (C=O) groups is 1. The van der Waals surface area contributed by atoms with Crippen molar-refractivity contribution in [3.63, 3.8) is 0 Å². The first-order valence-electron chi connectivity index (χ1n) is 4.26. The first-order valence-corrected chi connectivity index (χ1v) is 4.26. The Bertz CT molecular complexity index is 207. The van der Waals surface area contributed by atoms with E-state index in [0.717, 1.165) is 25.7 Å². The zero-order valence-corrected chi connectivity index (χ0v) is 7.05. The van der Waals surface area contributed by atoms with Gasteiger partial charge >= 0.3 is 0 Å². The van der Waals surface area contributed by atoms with Gasteiger partial charge in [0, 0.05) is 12.1 Å². The fraction of sp³-hybridized carbons (Fsp3) is 0.667. The Morgan fingerprint density at radius 2 is 2.17 bits per heavy atom. The molecule has 1 fully saturated rings. The Kier molecular flexibility index (Phi) is 3.12. The van der Waals surface area contributed by atoms with E-state index < -0.39 is 0 Å². The molecule has 0 spiro atoms.